The van der Waals surface area contributed by atoms with Crippen molar-refractivity contribution in [3.05, 3.63) is 35.6 Å². The first-order valence-corrected chi connectivity index (χ1v) is 5.60. The van der Waals surface area contributed by atoms with Gasteiger partial charge in [0, 0.05) is 5.39 Å². The first-order valence-electron chi connectivity index (χ1n) is 5.60. The summed E-state index contributed by atoms with van der Waals surface area (Å²) in [5.41, 5.74) is 3.77. The second-order valence-corrected chi connectivity index (χ2v) is 4.76. The first kappa shape index (κ1) is 10.3. The van der Waals surface area contributed by atoms with E-state index in [9.17, 15) is 0 Å². The predicted octanol–water partition coefficient (Wildman–Crippen LogP) is 4.68. The Morgan fingerprint density at radius 3 is 2.33 bits per heavy atom. The first-order chi connectivity index (χ1) is 7.09. The van der Waals surface area contributed by atoms with E-state index in [4.69, 9.17) is 4.42 Å². The predicted molar refractivity (Wildman–Crippen MR) is 64.4 cm³/mol. The Morgan fingerprint density at radius 2 is 1.73 bits per heavy atom. The van der Waals surface area contributed by atoms with Crippen molar-refractivity contribution in [1.29, 1.82) is 0 Å². The van der Waals surface area contributed by atoms with Crippen LogP contribution < -0.4 is 0 Å². The van der Waals surface area contributed by atoms with Gasteiger partial charge in [0.1, 0.15) is 5.58 Å². The molecule has 1 heteroatoms. The molecule has 2 rings (SSSR count). The van der Waals surface area contributed by atoms with Crippen molar-refractivity contribution in [2.75, 3.05) is 0 Å². The maximum Gasteiger partial charge on any atom is 0.137 e. The fraction of sp³-hybridized carbons (Fsp3) is 0.429. The Labute approximate surface area is 91.1 Å². The lowest BCUT2D eigenvalue weighted by atomic mass is 9.94. The van der Waals surface area contributed by atoms with Crippen molar-refractivity contribution in [1.82, 2.24) is 0 Å². The van der Waals surface area contributed by atoms with Gasteiger partial charge in [-0.2, -0.15) is 0 Å². The van der Waals surface area contributed by atoms with Gasteiger partial charge in [-0.25, -0.2) is 0 Å². The average molecular weight is 202 g/mol. The molecule has 1 nitrogen and oxygen atoms in total. The fourth-order valence-electron chi connectivity index (χ4n) is 1.90. The van der Waals surface area contributed by atoms with Gasteiger partial charge in [-0.3, -0.25) is 0 Å². The molecule has 0 aliphatic rings. The fourth-order valence-corrected chi connectivity index (χ4v) is 1.90. The van der Waals surface area contributed by atoms with Crippen molar-refractivity contribution in [2.45, 2.75) is 39.5 Å². The summed E-state index contributed by atoms with van der Waals surface area (Å²) in [5, 5.41) is 1.23. The zero-order chi connectivity index (χ0) is 11.0. The number of fused-ring (bicyclic) bond motifs is 1. The van der Waals surface area contributed by atoms with Crippen molar-refractivity contribution >= 4 is 11.0 Å². The minimum Gasteiger partial charge on any atom is -0.464 e. The van der Waals surface area contributed by atoms with Crippen molar-refractivity contribution in [3.63, 3.8) is 0 Å². The second-order valence-electron chi connectivity index (χ2n) is 4.76. The SMILES string of the molecule is CC(C)c1cc(C(C)C)c2occc2c1. The Bertz CT molecular complexity index is 463. The number of benzene rings is 1. The Kier molecular flexibility index (Phi) is 2.56. The average Bonchev–Trinajstić information content (AvgIpc) is 2.62. The third-order valence-corrected chi connectivity index (χ3v) is 2.89. The van der Waals surface area contributed by atoms with Gasteiger partial charge in [-0.05, 0) is 35.1 Å². The summed E-state index contributed by atoms with van der Waals surface area (Å²) in [6, 6.07) is 6.56. The van der Waals surface area contributed by atoms with Crippen LogP contribution in [0.25, 0.3) is 11.0 Å². The zero-order valence-electron chi connectivity index (χ0n) is 9.87. The maximum atomic E-state index is 5.55. The summed E-state index contributed by atoms with van der Waals surface area (Å²) in [5.74, 6) is 1.08. The molecule has 0 atom stereocenters. The lowest BCUT2D eigenvalue weighted by Crippen LogP contribution is -1.93. The molecule has 1 aromatic heterocycles. The summed E-state index contributed by atoms with van der Waals surface area (Å²) in [6.07, 6.45) is 1.78. The van der Waals surface area contributed by atoms with Gasteiger partial charge < -0.3 is 4.42 Å². The van der Waals surface area contributed by atoms with E-state index in [1.807, 2.05) is 6.07 Å². The summed E-state index contributed by atoms with van der Waals surface area (Å²) >= 11 is 0. The number of hydrogen-bond donors (Lipinski definition) is 0. The smallest absolute Gasteiger partial charge is 0.137 e. The highest BCUT2D eigenvalue weighted by Gasteiger charge is 2.11. The molecule has 1 heterocycles. The lowest BCUT2D eigenvalue weighted by Gasteiger charge is -2.11. The molecule has 0 aliphatic carbocycles. The van der Waals surface area contributed by atoms with Gasteiger partial charge in [-0.15, -0.1) is 0 Å². The van der Waals surface area contributed by atoms with Crippen LogP contribution in [0.5, 0.6) is 0 Å². The molecule has 1 aromatic carbocycles. The van der Waals surface area contributed by atoms with E-state index in [1.54, 1.807) is 6.26 Å². The van der Waals surface area contributed by atoms with Gasteiger partial charge in [0.25, 0.3) is 0 Å². The molecule has 0 radical (unpaired) electrons. The molecule has 0 spiro atoms. The molecule has 0 fully saturated rings. The van der Waals surface area contributed by atoms with Crippen molar-refractivity contribution < 1.29 is 4.42 Å². The molecule has 0 saturated carbocycles. The Morgan fingerprint density at radius 1 is 1.00 bits per heavy atom. The molecule has 0 amide bonds. The highest BCUT2D eigenvalue weighted by Crippen LogP contribution is 2.30. The molecule has 2 aromatic rings. The standard InChI is InChI=1S/C14H18O/c1-9(2)12-7-11-5-6-15-14(11)13(8-12)10(3)4/h5-10H,1-4H3. The lowest BCUT2D eigenvalue weighted by molar-refractivity contribution is 0.607. The second kappa shape index (κ2) is 3.73. The Balaban J connectivity index is 2.69. The van der Waals surface area contributed by atoms with E-state index < -0.39 is 0 Å². The topological polar surface area (TPSA) is 13.1 Å². The molecule has 0 saturated heterocycles. The number of furan rings is 1. The number of rotatable bonds is 2. The van der Waals surface area contributed by atoms with Gasteiger partial charge in [-0.1, -0.05) is 33.8 Å². The molecule has 0 unspecified atom stereocenters. The van der Waals surface area contributed by atoms with Gasteiger partial charge in [0.15, 0.2) is 0 Å². The minimum atomic E-state index is 0.511. The minimum absolute atomic E-state index is 0.511. The zero-order valence-corrected chi connectivity index (χ0v) is 9.87. The van der Waals surface area contributed by atoms with Crippen molar-refractivity contribution in [2.24, 2.45) is 0 Å². The molecule has 0 N–H and O–H groups in total. The van der Waals surface area contributed by atoms with Gasteiger partial charge in [0.05, 0.1) is 6.26 Å². The van der Waals surface area contributed by atoms with Crippen LogP contribution in [0.3, 0.4) is 0 Å². The molecular formula is C14H18O. The normalized spacial score (nSPS) is 11.9. The van der Waals surface area contributed by atoms with E-state index in [0.29, 0.717) is 11.8 Å². The summed E-state index contributed by atoms with van der Waals surface area (Å²) in [6.45, 7) is 8.87. The van der Waals surface area contributed by atoms with E-state index in [0.717, 1.165) is 5.58 Å². The third-order valence-electron chi connectivity index (χ3n) is 2.89. The molecule has 0 bridgehead atoms. The van der Waals surface area contributed by atoms with E-state index in [1.165, 1.54) is 16.5 Å². The van der Waals surface area contributed by atoms with Crippen LogP contribution in [0, 0.1) is 0 Å². The molecule has 80 valence electrons. The van der Waals surface area contributed by atoms with Gasteiger partial charge >= 0.3 is 0 Å². The molecule has 15 heavy (non-hydrogen) atoms. The number of hydrogen-bond acceptors (Lipinski definition) is 1. The van der Waals surface area contributed by atoms with Crippen LogP contribution in [0.2, 0.25) is 0 Å². The third kappa shape index (κ3) is 1.79. The van der Waals surface area contributed by atoms with E-state index >= 15 is 0 Å². The summed E-state index contributed by atoms with van der Waals surface area (Å²) in [7, 11) is 0. The van der Waals surface area contributed by atoms with Crippen LogP contribution in [-0.2, 0) is 0 Å². The Hall–Kier alpha value is -1.24. The molecule has 0 aliphatic heterocycles. The van der Waals surface area contributed by atoms with E-state index in [-0.39, 0.29) is 0 Å². The highest BCUT2D eigenvalue weighted by molar-refractivity contribution is 5.81. The van der Waals surface area contributed by atoms with Crippen LogP contribution in [0.4, 0.5) is 0 Å². The quantitative estimate of drug-likeness (QED) is 0.689. The maximum absolute atomic E-state index is 5.55. The van der Waals surface area contributed by atoms with Crippen LogP contribution >= 0.6 is 0 Å². The molecular weight excluding hydrogens is 184 g/mol. The van der Waals surface area contributed by atoms with Crippen LogP contribution in [0.15, 0.2) is 28.9 Å². The summed E-state index contributed by atoms with van der Waals surface area (Å²) in [4.78, 5) is 0. The van der Waals surface area contributed by atoms with Crippen LogP contribution in [0.1, 0.15) is 50.7 Å². The van der Waals surface area contributed by atoms with E-state index in [2.05, 4.69) is 39.8 Å². The summed E-state index contributed by atoms with van der Waals surface area (Å²) < 4.78 is 5.55. The highest BCUT2D eigenvalue weighted by atomic mass is 16.3. The van der Waals surface area contributed by atoms with Crippen LogP contribution in [-0.4, -0.2) is 0 Å². The van der Waals surface area contributed by atoms with Gasteiger partial charge in [0.2, 0.25) is 0 Å². The monoisotopic (exact) mass is 202 g/mol. The van der Waals surface area contributed by atoms with Crippen molar-refractivity contribution in [3.8, 4) is 0 Å². The largest absolute Gasteiger partial charge is 0.464 e.